The van der Waals surface area contributed by atoms with Crippen LogP contribution in [0.5, 0.6) is 5.75 Å². The third kappa shape index (κ3) is 2.11. The van der Waals surface area contributed by atoms with Crippen LogP contribution >= 0.6 is 0 Å². The number of esters is 1. The Morgan fingerprint density at radius 2 is 2.00 bits per heavy atom. The maximum atomic E-state index is 12.0. The van der Waals surface area contributed by atoms with Crippen molar-refractivity contribution in [2.24, 2.45) is 17.3 Å². The number of fused-ring (bicyclic) bond motifs is 2. The number of ether oxygens (including phenoxy) is 1. The molecule has 1 aromatic carbocycles. The summed E-state index contributed by atoms with van der Waals surface area (Å²) in [6.45, 7) is 0. The lowest BCUT2D eigenvalue weighted by molar-refractivity contribution is -0.156. The molecule has 4 nitrogen and oxygen atoms in total. The molecule has 20 heavy (non-hydrogen) atoms. The third-order valence-corrected chi connectivity index (χ3v) is 4.37. The number of carboxylic acid groups (broad SMARTS) is 1. The van der Waals surface area contributed by atoms with Gasteiger partial charge in [-0.3, -0.25) is 9.59 Å². The molecular formula is C16H16O4. The molecule has 4 heteroatoms. The fourth-order valence-corrected chi connectivity index (χ4v) is 3.39. The van der Waals surface area contributed by atoms with Crippen LogP contribution in [0, 0.1) is 17.3 Å². The molecule has 3 rings (SSSR count). The summed E-state index contributed by atoms with van der Waals surface area (Å²) in [6.07, 6.45) is 5.31. The molecule has 3 unspecified atom stereocenters. The van der Waals surface area contributed by atoms with Gasteiger partial charge in [-0.2, -0.15) is 0 Å². The minimum atomic E-state index is -0.981. The molecule has 1 N–H and O–H groups in total. The number of aliphatic carboxylic acids is 1. The maximum absolute atomic E-state index is 12.0. The topological polar surface area (TPSA) is 63.6 Å². The Morgan fingerprint density at radius 3 is 2.55 bits per heavy atom. The summed E-state index contributed by atoms with van der Waals surface area (Å²) in [7, 11) is 0. The number of carbonyl (C=O) groups is 2. The monoisotopic (exact) mass is 272 g/mol. The molecule has 1 aromatic rings. The number of carbonyl (C=O) groups excluding carboxylic acids is 1. The highest BCUT2D eigenvalue weighted by Gasteiger charge is 2.55. The Hall–Kier alpha value is -2.10. The first-order valence-corrected chi connectivity index (χ1v) is 6.77. The van der Waals surface area contributed by atoms with Crippen molar-refractivity contribution in [1.82, 2.24) is 0 Å². The molecule has 1 saturated carbocycles. The van der Waals surface area contributed by atoms with Crippen LogP contribution in [-0.2, 0) is 9.59 Å². The third-order valence-electron chi connectivity index (χ3n) is 4.37. The van der Waals surface area contributed by atoms with Crippen LogP contribution < -0.4 is 4.74 Å². The predicted molar refractivity (Wildman–Crippen MR) is 72.1 cm³/mol. The van der Waals surface area contributed by atoms with Crippen LogP contribution in [0.25, 0.3) is 0 Å². The summed E-state index contributed by atoms with van der Waals surface area (Å²) < 4.78 is 5.23. The molecule has 0 aromatic heterocycles. The zero-order chi connectivity index (χ0) is 14.2. The normalized spacial score (nSPS) is 30.4. The number of allylic oxidation sites excluding steroid dienone is 2. The Bertz CT molecular complexity index is 563. The van der Waals surface area contributed by atoms with Crippen LogP contribution in [-0.4, -0.2) is 17.0 Å². The van der Waals surface area contributed by atoms with Gasteiger partial charge in [-0.15, -0.1) is 0 Å². The molecule has 0 radical (unpaired) electrons. The second kappa shape index (κ2) is 4.78. The van der Waals surface area contributed by atoms with Crippen LogP contribution in [0.1, 0.15) is 19.3 Å². The summed E-state index contributed by atoms with van der Waals surface area (Å²) in [5, 5.41) is 9.56. The van der Waals surface area contributed by atoms with E-state index in [2.05, 4.69) is 6.08 Å². The van der Waals surface area contributed by atoms with Gasteiger partial charge in [0.1, 0.15) is 5.75 Å². The molecule has 104 valence electrons. The van der Waals surface area contributed by atoms with Gasteiger partial charge < -0.3 is 9.84 Å². The van der Waals surface area contributed by atoms with E-state index < -0.39 is 17.4 Å². The van der Waals surface area contributed by atoms with Gasteiger partial charge >= 0.3 is 11.9 Å². The van der Waals surface area contributed by atoms with E-state index in [4.69, 9.17) is 4.74 Å². The molecule has 0 amide bonds. The maximum Gasteiger partial charge on any atom is 0.312 e. The van der Waals surface area contributed by atoms with Gasteiger partial charge in [0.15, 0.2) is 0 Å². The fraction of sp³-hybridized carbons (Fsp3) is 0.375. The van der Waals surface area contributed by atoms with E-state index in [0.29, 0.717) is 18.1 Å². The summed E-state index contributed by atoms with van der Waals surface area (Å²) in [5.74, 6) is -0.662. The van der Waals surface area contributed by atoms with Gasteiger partial charge in [-0.1, -0.05) is 30.4 Å². The highest BCUT2D eigenvalue weighted by atomic mass is 16.5. The first-order chi connectivity index (χ1) is 9.60. The molecule has 0 spiro atoms. The van der Waals surface area contributed by atoms with Crippen molar-refractivity contribution in [3.8, 4) is 5.75 Å². The Balaban J connectivity index is 1.74. The van der Waals surface area contributed by atoms with Gasteiger partial charge in [0.05, 0.1) is 11.8 Å². The van der Waals surface area contributed by atoms with Crippen LogP contribution in [0.3, 0.4) is 0 Å². The Morgan fingerprint density at radius 1 is 1.25 bits per heavy atom. The van der Waals surface area contributed by atoms with E-state index in [1.54, 1.807) is 24.3 Å². The number of hydrogen-bond donors (Lipinski definition) is 1. The van der Waals surface area contributed by atoms with E-state index in [0.717, 1.165) is 6.42 Å². The lowest BCUT2D eigenvalue weighted by Crippen LogP contribution is -2.38. The predicted octanol–water partition coefficient (Wildman–Crippen LogP) is 2.65. The molecule has 2 aliphatic carbocycles. The standard InChI is InChI=1S/C16H16O4/c17-14(20-13-4-2-1-3-5-13)10-16(15(18)19)9-11-6-7-12(16)8-11/h1-7,11-12H,8-10H2,(H,18,19). The molecule has 2 aliphatic rings. The number of rotatable bonds is 4. The molecule has 1 fully saturated rings. The number of para-hydroxylation sites is 1. The summed E-state index contributed by atoms with van der Waals surface area (Å²) in [6, 6.07) is 8.75. The largest absolute Gasteiger partial charge is 0.481 e. The van der Waals surface area contributed by atoms with Gasteiger partial charge in [0.2, 0.25) is 0 Å². The van der Waals surface area contributed by atoms with Gasteiger partial charge in [0.25, 0.3) is 0 Å². The first-order valence-electron chi connectivity index (χ1n) is 6.77. The first kappa shape index (κ1) is 12.9. The van der Waals surface area contributed by atoms with Crippen molar-refractivity contribution in [2.75, 3.05) is 0 Å². The van der Waals surface area contributed by atoms with E-state index in [-0.39, 0.29) is 12.3 Å². The summed E-state index contributed by atoms with van der Waals surface area (Å²) in [5.41, 5.74) is -0.981. The van der Waals surface area contributed by atoms with Crippen molar-refractivity contribution in [3.63, 3.8) is 0 Å². The van der Waals surface area contributed by atoms with E-state index in [9.17, 15) is 14.7 Å². The van der Waals surface area contributed by atoms with Crippen LogP contribution in [0.4, 0.5) is 0 Å². The molecule has 0 saturated heterocycles. The average Bonchev–Trinajstić information content (AvgIpc) is 3.00. The minimum absolute atomic E-state index is 0.0478. The van der Waals surface area contributed by atoms with E-state index in [1.807, 2.05) is 12.1 Å². The number of benzene rings is 1. The number of carboxylic acids is 1. The van der Waals surface area contributed by atoms with Crippen molar-refractivity contribution in [2.45, 2.75) is 19.3 Å². The second-order valence-corrected chi connectivity index (χ2v) is 5.62. The van der Waals surface area contributed by atoms with Crippen molar-refractivity contribution in [3.05, 3.63) is 42.5 Å². The molecule has 0 heterocycles. The van der Waals surface area contributed by atoms with Crippen molar-refractivity contribution in [1.29, 1.82) is 0 Å². The zero-order valence-electron chi connectivity index (χ0n) is 11.0. The second-order valence-electron chi connectivity index (χ2n) is 5.62. The van der Waals surface area contributed by atoms with Crippen molar-refractivity contribution < 1.29 is 19.4 Å². The summed E-state index contributed by atoms with van der Waals surface area (Å²) in [4.78, 5) is 23.7. The summed E-state index contributed by atoms with van der Waals surface area (Å²) >= 11 is 0. The fourth-order valence-electron chi connectivity index (χ4n) is 3.39. The molecule has 0 aliphatic heterocycles. The quantitative estimate of drug-likeness (QED) is 0.520. The van der Waals surface area contributed by atoms with Crippen LogP contribution in [0.15, 0.2) is 42.5 Å². The van der Waals surface area contributed by atoms with Crippen molar-refractivity contribution >= 4 is 11.9 Å². The van der Waals surface area contributed by atoms with Gasteiger partial charge in [-0.05, 0) is 36.8 Å². The minimum Gasteiger partial charge on any atom is -0.481 e. The zero-order valence-corrected chi connectivity index (χ0v) is 11.0. The smallest absolute Gasteiger partial charge is 0.312 e. The lowest BCUT2D eigenvalue weighted by Gasteiger charge is -2.29. The highest BCUT2D eigenvalue weighted by Crippen LogP contribution is 2.54. The van der Waals surface area contributed by atoms with Gasteiger partial charge in [-0.25, -0.2) is 0 Å². The van der Waals surface area contributed by atoms with Crippen LogP contribution in [0.2, 0.25) is 0 Å². The Labute approximate surface area is 117 Å². The molecular weight excluding hydrogens is 256 g/mol. The lowest BCUT2D eigenvalue weighted by atomic mass is 9.73. The highest BCUT2D eigenvalue weighted by molar-refractivity contribution is 5.84. The van der Waals surface area contributed by atoms with E-state index >= 15 is 0 Å². The van der Waals surface area contributed by atoms with Gasteiger partial charge in [0, 0.05) is 0 Å². The molecule has 2 bridgehead atoms. The SMILES string of the molecule is O=C(CC1(C(=O)O)CC2C=CC1C2)Oc1ccccc1. The Kier molecular flexibility index (Phi) is 3.08. The molecule has 3 atom stereocenters. The number of hydrogen-bond acceptors (Lipinski definition) is 3. The van der Waals surface area contributed by atoms with E-state index in [1.165, 1.54) is 0 Å². The average molecular weight is 272 g/mol.